The minimum atomic E-state index is -0.202. The number of nitrogens with one attached hydrogen (secondary N) is 1. The molecule has 1 saturated heterocycles. The summed E-state index contributed by atoms with van der Waals surface area (Å²) in [5.41, 5.74) is -0.0991. The van der Waals surface area contributed by atoms with Crippen LogP contribution in [0.25, 0.3) is 0 Å². The van der Waals surface area contributed by atoms with Gasteiger partial charge in [-0.25, -0.2) is 0 Å². The lowest BCUT2D eigenvalue weighted by Crippen LogP contribution is -2.40. The normalized spacial score (nSPS) is 25.9. The standard InChI is InChI=1S/C11H21NO3/c1-9(2)15-10(13)7-12-8-11(3)5-4-6-14-11/h9,12H,4-8H2,1-3H3. The molecule has 0 saturated carbocycles. The van der Waals surface area contributed by atoms with Gasteiger partial charge in [0.05, 0.1) is 18.2 Å². The van der Waals surface area contributed by atoms with Crippen LogP contribution in [-0.2, 0) is 14.3 Å². The Labute approximate surface area is 91.3 Å². The fourth-order valence-corrected chi connectivity index (χ4v) is 1.71. The maximum atomic E-state index is 11.2. The Kier molecular flexibility index (Phi) is 4.54. The maximum absolute atomic E-state index is 11.2. The van der Waals surface area contributed by atoms with E-state index in [0.717, 1.165) is 19.4 Å². The van der Waals surface area contributed by atoms with Gasteiger partial charge in [-0.15, -0.1) is 0 Å². The van der Waals surface area contributed by atoms with E-state index in [9.17, 15) is 4.79 Å². The van der Waals surface area contributed by atoms with Crippen molar-refractivity contribution in [3.05, 3.63) is 0 Å². The third-order valence-electron chi connectivity index (χ3n) is 2.44. The van der Waals surface area contributed by atoms with E-state index in [0.29, 0.717) is 6.54 Å². The summed E-state index contributed by atoms with van der Waals surface area (Å²) < 4.78 is 10.6. The van der Waals surface area contributed by atoms with Gasteiger partial charge in [0.15, 0.2) is 0 Å². The van der Waals surface area contributed by atoms with Crippen molar-refractivity contribution >= 4 is 5.97 Å². The first kappa shape index (κ1) is 12.5. The van der Waals surface area contributed by atoms with Crippen LogP contribution in [0.5, 0.6) is 0 Å². The van der Waals surface area contributed by atoms with Gasteiger partial charge in [0.25, 0.3) is 0 Å². The summed E-state index contributed by atoms with van der Waals surface area (Å²) in [5, 5.41) is 3.07. The quantitative estimate of drug-likeness (QED) is 0.698. The molecule has 1 atom stereocenters. The van der Waals surface area contributed by atoms with Gasteiger partial charge in [-0.3, -0.25) is 4.79 Å². The van der Waals surface area contributed by atoms with Crippen molar-refractivity contribution in [3.63, 3.8) is 0 Å². The zero-order valence-corrected chi connectivity index (χ0v) is 9.84. The number of rotatable bonds is 5. The highest BCUT2D eigenvalue weighted by atomic mass is 16.5. The first-order chi connectivity index (χ1) is 7.02. The van der Waals surface area contributed by atoms with Crippen molar-refractivity contribution < 1.29 is 14.3 Å². The highest BCUT2D eigenvalue weighted by Gasteiger charge is 2.29. The van der Waals surface area contributed by atoms with Crippen molar-refractivity contribution in [2.24, 2.45) is 0 Å². The van der Waals surface area contributed by atoms with Gasteiger partial charge in [-0.05, 0) is 33.6 Å². The van der Waals surface area contributed by atoms with Gasteiger partial charge in [0, 0.05) is 13.2 Å². The molecule has 1 aliphatic rings. The Balaban J connectivity index is 2.12. The lowest BCUT2D eigenvalue weighted by atomic mass is 10.0. The molecular weight excluding hydrogens is 194 g/mol. The second-order valence-corrected chi connectivity index (χ2v) is 4.54. The molecule has 1 N–H and O–H groups in total. The summed E-state index contributed by atoms with van der Waals surface area (Å²) >= 11 is 0. The van der Waals surface area contributed by atoms with Gasteiger partial charge in [0.1, 0.15) is 0 Å². The fraction of sp³-hybridized carbons (Fsp3) is 0.909. The van der Waals surface area contributed by atoms with Crippen molar-refractivity contribution in [2.45, 2.75) is 45.3 Å². The second-order valence-electron chi connectivity index (χ2n) is 4.54. The molecule has 1 heterocycles. The van der Waals surface area contributed by atoms with Crippen LogP contribution in [0.2, 0.25) is 0 Å². The molecule has 0 amide bonds. The number of ether oxygens (including phenoxy) is 2. The predicted molar refractivity (Wildman–Crippen MR) is 57.7 cm³/mol. The molecule has 4 heteroatoms. The number of esters is 1. The SMILES string of the molecule is CC(C)OC(=O)CNCC1(C)CCCO1. The Morgan fingerprint density at radius 2 is 2.33 bits per heavy atom. The van der Waals surface area contributed by atoms with Crippen LogP contribution in [-0.4, -0.2) is 37.4 Å². The summed E-state index contributed by atoms with van der Waals surface area (Å²) in [6, 6.07) is 0. The lowest BCUT2D eigenvalue weighted by molar-refractivity contribution is -0.146. The molecule has 0 aromatic heterocycles. The second kappa shape index (κ2) is 5.47. The first-order valence-electron chi connectivity index (χ1n) is 5.56. The van der Waals surface area contributed by atoms with Gasteiger partial charge in [-0.1, -0.05) is 0 Å². The van der Waals surface area contributed by atoms with Gasteiger partial charge in [0.2, 0.25) is 0 Å². The molecule has 88 valence electrons. The van der Waals surface area contributed by atoms with Crippen molar-refractivity contribution in [1.29, 1.82) is 0 Å². The molecule has 0 aromatic rings. The zero-order chi connectivity index (χ0) is 11.3. The van der Waals surface area contributed by atoms with E-state index in [2.05, 4.69) is 12.2 Å². The van der Waals surface area contributed by atoms with E-state index < -0.39 is 0 Å². The summed E-state index contributed by atoms with van der Waals surface area (Å²) in [4.78, 5) is 11.2. The minimum Gasteiger partial charge on any atom is -0.462 e. The van der Waals surface area contributed by atoms with Gasteiger partial charge < -0.3 is 14.8 Å². The summed E-state index contributed by atoms with van der Waals surface area (Å²) in [5.74, 6) is -0.202. The summed E-state index contributed by atoms with van der Waals surface area (Å²) in [7, 11) is 0. The van der Waals surface area contributed by atoms with Crippen molar-refractivity contribution in [3.8, 4) is 0 Å². The maximum Gasteiger partial charge on any atom is 0.320 e. The zero-order valence-electron chi connectivity index (χ0n) is 9.84. The average Bonchev–Trinajstić information content (AvgIpc) is 2.51. The van der Waals surface area contributed by atoms with Crippen LogP contribution in [0.4, 0.5) is 0 Å². The van der Waals surface area contributed by atoms with E-state index in [4.69, 9.17) is 9.47 Å². The monoisotopic (exact) mass is 215 g/mol. The molecule has 1 rings (SSSR count). The molecule has 0 spiro atoms. The van der Waals surface area contributed by atoms with Crippen LogP contribution in [0.1, 0.15) is 33.6 Å². The third kappa shape index (κ3) is 4.62. The topological polar surface area (TPSA) is 47.6 Å². The molecule has 4 nitrogen and oxygen atoms in total. The molecule has 1 fully saturated rings. The Morgan fingerprint density at radius 1 is 1.60 bits per heavy atom. The number of carbonyl (C=O) groups excluding carboxylic acids is 1. The highest BCUT2D eigenvalue weighted by Crippen LogP contribution is 2.23. The van der Waals surface area contributed by atoms with Crippen LogP contribution in [0, 0.1) is 0 Å². The molecule has 0 radical (unpaired) electrons. The molecule has 0 bridgehead atoms. The lowest BCUT2D eigenvalue weighted by Gasteiger charge is -2.23. The van der Waals surface area contributed by atoms with E-state index in [-0.39, 0.29) is 24.2 Å². The van der Waals surface area contributed by atoms with Crippen LogP contribution >= 0.6 is 0 Å². The number of hydrogen-bond donors (Lipinski definition) is 1. The van der Waals surface area contributed by atoms with Gasteiger partial charge in [-0.2, -0.15) is 0 Å². The van der Waals surface area contributed by atoms with Gasteiger partial charge >= 0.3 is 5.97 Å². The van der Waals surface area contributed by atoms with Crippen molar-refractivity contribution in [1.82, 2.24) is 5.32 Å². The molecule has 15 heavy (non-hydrogen) atoms. The largest absolute Gasteiger partial charge is 0.462 e. The first-order valence-corrected chi connectivity index (χ1v) is 5.56. The Bertz CT molecular complexity index is 210. The molecule has 1 unspecified atom stereocenters. The molecular formula is C11H21NO3. The predicted octanol–water partition coefficient (Wildman–Crippen LogP) is 1.10. The van der Waals surface area contributed by atoms with Crippen LogP contribution in [0.3, 0.4) is 0 Å². The highest BCUT2D eigenvalue weighted by molar-refractivity contribution is 5.71. The van der Waals surface area contributed by atoms with E-state index in [1.807, 2.05) is 13.8 Å². The molecule has 1 aliphatic heterocycles. The minimum absolute atomic E-state index is 0.0439. The molecule has 0 aromatic carbocycles. The summed E-state index contributed by atoms with van der Waals surface area (Å²) in [6.07, 6.45) is 2.12. The number of carbonyl (C=O) groups is 1. The average molecular weight is 215 g/mol. The van der Waals surface area contributed by atoms with Crippen LogP contribution < -0.4 is 5.32 Å². The Hall–Kier alpha value is -0.610. The van der Waals surface area contributed by atoms with Crippen molar-refractivity contribution in [2.75, 3.05) is 19.7 Å². The fourth-order valence-electron chi connectivity index (χ4n) is 1.71. The van der Waals surface area contributed by atoms with E-state index >= 15 is 0 Å². The van der Waals surface area contributed by atoms with E-state index in [1.54, 1.807) is 0 Å². The third-order valence-corrected chi connectivity index (χ3v) is 2.44. The smallest absolute Gasteiger partial charge is 0.320 e. The van der Waals surface area contributed by atoms with E-state index in [1.165, 1.54) is 0 Å². The van der Waals surface area contributed by atoms with Crippen LogP contribution in [0.15, 0.2) is 0 Å². The Morgan fingerprint density at radius 3 is 2.87 bits per heavy atom. The molecule has 0 aliphatic carbocycles. The summed E-state index contributed by atoms with van der Waals surface area (Å²) in [6.45, 7) is 7.56. The number of hydrogen-bond acceptors (Lipinski definition) is 4.